The van der Waals surface area contributed by atoms with Gasteiger partial charge in [0.2, 0.25) is 0 Å². The number of rotatable bonds is 2. The Labute approximate surface area is 130 Å². The van der Waals surface area contributed by atoms with E-state index < -0.39 is 11.9 Å². The molecule has 1 fully saturated rings. The van der Waals surface area contributed by atoms with Gasteiger partial charge >= 0.3 is 11.9 Å². The van der Waals surface area contributed by atoms with Crippen molar-refractivity contribution in [1.82, 2.24) is 0 Å². The molecule has 0 saturated carbocycles. The third kappa shape index (κ3) is 1.96. The smallest absolute Gasteiger partial charge is 0.347 e. The fourth-order valence-electron chi connectivity index (χ4n) is 2.91. The molecular weight excluding hydrogens is 300 g/mol. The number of carbonyl (C=O) groups excluding carboxylic acids is 2. The molecule has 2 aromatic rings. The standard InChI is InChI=1S/C17H10O6/c18-15-11-4-3-10(6-13(11)16(19)23-15)21-9-2-1-8-7-20-17-14(22-17)12(8)5-9/h1-6,14,17H,7H2. The van der Waals surface area contributed by atoms with Crippen LogP contribution in [0.5, 0.6) is 11.5 Å². The molecule has 2 aromatic carbocycles. The summed E-state index contributed by atoms with van der Waals surface area (Å²) >= 11 is 0. The molecule has 0 radical (unpaired) electrons. The van der Waals surface area contributed by atoms with Crippen LogP contribution in [-0.4, -0.2) is 18.2 Å². The fourth-order valence-corrected chi connectivity index (χ4v) is 2.91. The Hall–Kier alpha value is -2.70. The average Bonchev–Trinajstić information content (AvgIpc) is 3.29. The summed E-state index contributed by atoms with van der Waals surface area (Å²) in [5, 5.41) is 0. The van der Waals surface area contributed by atoms with Gasteiger partial charge in [-0.1, -0.05) is 6.07 Å². The van der Waals surface area contributed by atoms with Crippen LogP contribution in [0.4, 0.5) is 0 Å². The average molecular weight is 310 g/mol. The van der Waals surface area contributed by atoms with E-state index in [1.807, 2.05) is 18.2 Å². The molecule has 2 unspecified atom stereocenters. The maximum absolute atomic E-state index is 11.6. The lowest BCUT2D eigenvalue weighted by Crippen LogP contribution is -2.07. The normalized spacial score (nSPS) is 23.7. The van der Waals surface area contributed by atoms with E-state index in [0.29, 0.717) is 18.1 Å². The maximum atomic E-state index is 11.6. The molecule has 0 aliphatic carbocycles. The van der Waals surface area contributed by atoms with Crippen molar-refractivity contribution >= 4 is 11.9 Å². The minimum absolute atomic E-state index is 0.0186. The van der Waals surface area contributed by atoms with Crippen LogP contribution in [0, 0.1) is 0 Å². The molecule has 6 heteroatoms. The van der Waals surface area contributed by atoms with Crippen LogP contribution >= 0.6 is 0 Å². The minimum Gasteiger partial charge on any atom is -0.457 e. The van der Waals surface area contributed by atoms with Gasteiger partial charge in [0, 0.05) is 0 Å². The molecule has 2 atom stereocenters. The van der Waals surface area contributed by atoms with E-state index >= 15 is 0 Å². The second-order valence-electron chi connectivity index (χ2n) is 5.58. The van der Waals surface area contributed by atoms with Gasteiger partial charge in [-0.3, -0.25) is 0 Å². The molecule has 0 bridgehead atoms. The molecule has 0 N–H and O–H groups in total. The van der Waals surface area contributed by atoms with Crippen molar-refractivity contribution in [2.75, 3.05) is 0 Å². The summed E-state index contributed by atoms with van der Waals surface area (Å²) in [6.45, 7) is 0.531. The molecular formula is C17H10O6. The van der Waals surface area contributed by atoms with Crippen LogP contribution in [0.2, 0.25) is 0 Å². The van der Waals surface area contributed by atoms with Gasteiger partial charge in [-0.15, -0.1) is 0 Å². The van der Waals surface area contributed by atoms with Crippen molar-refractivity contribution in [2.45, 2.75) is 19.0 Å². The lowest BCUT2D eigenvalue weighted by Gasteiger charge is -2.14. The van der Waals surface area contributed by atoms with Crippen molar-refractivity contribution < 1.29 is 28.5 Å². The maximum Gasteiger partial charge on any atom is 0.347 e. The highest BCUT2D eigenvalue weighted by Gasteiger charge is 2.46. The lowest BCUT2D eigenvalue weighted by molar-refractivity contribution is 0.0371. The molecule has 23 heavy (non-hydrogen) atoms. The largest absolute Gasteiger partial charge is 0.457 e. The van der Waals surface area contributed by atoms with Gasteiger partial charge in [0.05, 0.1) is 17.7 Å². The number of hydrogen-bond donors (Lipinski definition) is 0. The van der Waals surface area contributed by atoms with E-state index in [1.165, 1.54) is 12.1 Å². The van der Waals surface area contributed by atoms with Gasteiger partial charge < -0.3 is 18.9 Å². The summed E-state index contributed by atoms with van der Waals surface area (Å²) < 4.78 is 21.3. The summed E-state index contributed by atoms with van der Waals surface area (Å²) in [4.78, 5) is 23.0. The van der Waals surface area contributed by atoms with Gasteiger partial charge in [-0.25, -0.2) is 9.59 Å². The van der Waals surface area contributed by atoms with Crippen molar-refractivity contribution in [1.29, 1.82) is 0 Å². The van der Waals surface area contributed by atoms with Crippen LogP contribution < -0.4 is 4.74 Å². The highest BCUT2D eigenvalue weighted by atomic mass is 16.8. The number of ether oxygens (including phenoxy) is 4. The summed E-state index contributed by atoms with van der Waals surface area (Å²) in [5.74, 6) is -0.164. The zero-order valence-electron chi connectivity index (χ0n) is 11.8. The fraction of sp³-hybridized carbons (Fsp3) is 0.176. The zero-order chi connectivity index (χ0) is 15.6. The van der Waals surface area contributed by atoms with E-state index in [1.54, 1.807) is 6.07 Å². The van der Waals surface area contributed by atoms with E-state index in [9.17, 15) is 9.59 Å². The van der Waals surface area contributed by atoms with Gasteiger partial charge in [0.1, 0.15) is 17.6 Å². The third-order valence-electron chi connectivity index (χ3n) is 4.13. The van der Waals surface area contributed by atoms with E-state index in [2.05, 4.69) is 4.74 Å². The number of carbonyl (C=O) groups is 2. The summed E-state index contributed by atoms with van der Waals surface area (Å²) in [7, 11) is 0. The Balaban J connectivity index is 1.46. The number of esters is 2. The summed E-state index contributed by atoms with van der Waals surface area (Å²) in [5.41, 5.74) is 2.64. The SMILES string of the molecule is O=C1OC(=O)c2cc(Oc3ccc4c(c3)C3OC3OC4)ccc21. The predicted octanol–water partition coefficient (Wildman–Crippen LogP) is 2.72. The van der Waals surface area contributed by atoms with Gasteiger partial charge in [0.15, 0.2) is 6.29 Å². The van der Waals surface area contributed by atoms with Crippen LogP contribution in [0.3, 0.4) is 0 Å². The first-order valence-electron chi connectivity index (χ1n) is 7.17. The topological polar surface area (TPSA) is 74.4 Å². The van der Waals surface area contributed by atoms with Crippen LogP contribution in [-0.2, 0) is 20.8 Å². The van der Waals surface area contributed by atoms with E-state index in [-0.39, 0.29) is 23.5 Å². The molecule has 3 aliphatic heterocycles. The van der Waals surface area contributed by atoms with Gasteiger partial charge in [0.25, 0.3) is 0 Å². The lowest BCUT2D eigenvalue weighted by atomic mass is 10.0. The van der Waals surface area contributed by atoms with Gasteiger partial charge in [-0.05, 0) is 41.5 Å². The van der Waals surface area contributed by atoms with Crippen molar-refractivity contribution in [3.63, 3.8) is 0 Å². The highest BCUT2D eigenvalue weighted by molar-refractivity contribution is 6.14. The molecule has 3 heterocycles. The molecule has 6 nitrogen and oxygen atoms in total. The first kappa shape index (κ1) is 12.8. The predicted molar refractivity (Wildman–Crippen MR) is 75.1 cm³/mol. The third-order valence-corrected chi connectivity index (χ3v) is 4.13. The summed E-state index contributed by atoms with van der Waals surface area (Å²) in [6.07, 6.45) is -0.159. The number of hydrogen-bond acceptors (Lipinski definition) is 6. The van der Waals surface area contributed by atoms with Crippen molar-refractivity contribution in [3.8, 4) is 11.5 Å². The Morgan fingerprint density at radius 2 is 1.74 bits per heavy atom. The second kappa shape index (κ2) is 4.41. The molecule has 5 rings (SSSR count). The van der Waals surface area contributed by atoms with E-state index in [4.69, 9.17) is 14.2 Å². The quantitative estimate of drug-likeness (QED) is 0.482. The molecule has 3 aliphatic rings. The van der Waals surface area contributed by atoms with Gasteiger partial charge in [-0.2, -0.15) is 0 Å². The summed E-state index contributed by atoms with van der Waals surface area (Å²) in [6, 6.07) is 10.4. The van der Waals surface area contributed by atoms with E-state index in [0.717, 1.165) is 11.1 Å². The zero-order valence-corrected chi connectivity index (χ0v) is 11.8. The monoisotopic (exact) mass is 310 g/mol. The highest BCUT2D eigenvalue weighted by Crippen LogP contribution is 2.46. The Bertz CT molecular complexity index is 871. The Morgan fingerprint density at radius 3 is 2.65 bits per heavy atom. The van der Waals surface area contributed by atoms with Crippen molar-refractivity contribution in [2.24, 2.45) is 0 Å². The number of epoxide rings is 1. The molecule has 0 aromatic heterocycles. The van der Waals surface area contributed by atoms with Crippen LogP contribution in [0.15, 0.2) is 36.4 Å². The minimum atomic E-state index is -0.646. The first-order chi connectivity index (χ1) is 11.2. The number of cyclic esters (lactones) is 2. The molecule has 0 spiro atoms. The Morgan fingerprint density at radius 1 is 0.957 bits per heavy atom. The number of fused-ring (bicyclic) bond motifs is 4. The van der Waals surface area contributed by atoms with Crippen LogP contribution in [0.1, 0.15) is 37.9 Å². The Kier molecular flexibility index (Phi) is 2.45. The number of benzene rings is 2. The molecule has 1 saturated heterocycles. The first-order valence-corrected chi connectivity index (χ1v) is 7.17. The molecule has 114 valence electrons. The van der Waals surface area contributed by atoms with Crippen molar-refractivity contribution in [3.05, 3.63) is 58.7 Å². The van der Waals surface area contributed by atoms with Crippen LogP contribution in [0.25, 0.3) is 0 Å². The molecule has 0 amide bonds. The second-order valence-corrected chi connectivity index (χ2v) is 5.58.